The molecule has 0 aliphatic rings. The van der Waals surface area contributed by atoms with Gasteiger partial charge in [0.15, 0.2) is 0 Å². The van der Waals surface area contributed by atoms with Gasteiger partial charge in [-0.1, -0.05) is 25.1 Å². The first-order valence-corrected chi connectivity index (χ1v) is 6.17. The predicted octanol–water partition coefficient (Wildman–Crippen LogP) is 2.78. The van der Waals surface area contributed by atoms with Crippen molar-refractivity contribution in [2.24, 2.45) is 5.92 Å². The Morgan fingerprint density at radius 1 is 1.33 bits per heavy atom. The number of methoxy groups -OCH3 is 1. The molecule has 100 valence electrons. The summed E-state index contributed by atoms with van der Waals surface area (Å²) in [6.45, 7) is 6.68. The first-order valence-electron chi connectivity index (χ1n) is 6.17. The quantitative estimate of drug-likeness (QED) is 0.721. The summed E-state index contributed by atoms with van der Waals surface area (Å²) >= 11 is 0. The number of benzene rings is 1. The van der Waals surface area contributed by atoms with Crippen molar-refractivity contribution in [2.75, 3.05) is 13.7 Å². The Morgan fingerprint density at radius 3 is 2.56 bits per heavy atom. The second-order valence-electron chi connectivity index (χ2n) is 4.43. The third-order valence-corrected chi connectivity index (χ3v) is 2.87. The van der Waals surface area contributed by atoms with Crippen molar-refractivity contribution in [3.8, 4) is 5.75 Å². The second-order valence-corrected chi connectivity index (χ2v) is 4.43. The van der Waals surface area contributed by atoms with Gasteiger partial charge in [-0.05, 0) is 24.1 Å². The molecule has 0 amide bonds. The van der Waals surface area contributed by atoms with E-state index in [0.717, 1.165) is 11.3 Å². The van der Waals surface area contributed by atoms with Crippen molar-refractivity contribution >= 4 is 0 Å². The molecule has 3 heteroatoms. The van der Waals surface area contributed by atoms with Gasteiger partial charge >= 0.3 is 0 Å². The van der Waals surface area contributed by atoms with E-state index in [9.17, 15) is 5.11 Å². The standard InChI is InChI=1S/C15H22O3/c1-4-5-15(16)12(2)10-18-11-13-6-8-14(17-3)9-7-13/h4,6-9,12,15-16H,1,5,10-11H2,2-3H3/t12-,15?/m0/s1. The third-order valence-electron chi connectivity index (χ3n) is 2.87. The van der Waals surface area contributed by atoms with Gasteiger partial charge < -0.3 is 14.6 Å². The summed E-state index contributed by atoms with van der Waals surface area (Å²) in [4.78, 5) is 0. The lowest BCUT2D eigenvalue weighted by Crippen LogP contribution is -2.21. The molecule has 0 bridgehead atoms. The zero-order chi connectivity index (χ0) is 13.4. The van der Waals surface area contributed by atoms with Crippen LogP contribution in [-0.2, 0) is 11.3 Å². The number of aliphatic hydroxyl groups excluding tert-OH is 1. The van der Waals surface area contributed by atoms with Crippen LogP contribution in [0.25, 0.3) is 0 Å². The van der Waals surface area contributed by atoms with Crippen LogP contribution in [0.3, 0.4) is 0 Å². The molecule has 0 heterocycles. The van der Waals surface area contributed by atoms with Gasteiger partial charge in [-0.3, -0.25) is 0 Å². The Bertz CT molecular complexity index is 345. The first kappa shape index (κ1) is 14.7. The minimum atomic E-state index is -0.377. The fourth-order valence-corrected chi connectivity index (χ4v) is 1.60. The van der Waals surface area contributed by atoms with E-state index in [1.165, 1.54) is 0 Å². The summed E-state index contributed by atoms with van der Waals surface area (Å²) in [5, 5.41) is 9.72. The van der Waals surface area contributed by atoms with Crippen LogP contribution in [0.2, 0.25) is 0 Å². The van der Waals surface area contributed by atoms with Gasteiger partial charge in [0, 0.05) is 5.92 Å². The minimum Gasteiger partial charge on any atom is -0.497 e. The van der Waals surface area contributed by atoms with Crippen LogP contribution in [0.5, 0.6) is 5.75 Å². The van der Waals surface area contributed by atoms with Crippen molar-refractivity contribution in [3.63, 3.8) is 0 Å². The van der Waals surface area contributed by atoms with E-state index in [1.807, 2.05) is 31.2 Å². The fraction of sp³-hybridized carbons (Fsp3) is 0.467. The minimum absolute atomic E-state index is 0.112. The molecule has 3 nitrogen and oxygen atoms in total. The zero-order valence-electron chi connectivity index (χ0n) is 11.1. The Morgan fingerprint density at radius 2 is 2.00 bits per heavy atom. The van der Waals surface area contributed by atoms with Gasteiger partial charge in [0.05, 0.1) is 26.4 Å². The summed E-state index contributed by atoms with van der Waals surface area (Å²) in [6, 6.07) is 7.77. The van der Waals surface area contributed by atoms with E-state index in [2.05, 4.69) is 6.58 Å². The van der Waals surface area contributed by atoms with Gasteiger partial charge in [-0.25, -0.2) is 0 Å². The number of ether oxygens (including phenoxy) is 2. The molecule has 18 heavy (non-hydrogen) atoms. The second kappa shape index (κ2) is 7.90. The Hall–Kier alpha value is -1.32. The molecule has 0 aliphatic carbocycles. The van der Waals surface area contributed by atoms with E-state index in [4.69, 9.17) is 9.47 Å². The van der Waals surface area contributed by atoms with E-state index in [0.29, 0.717) is 19.6 Å². The lowest BCUT2D eigenvalue weighted by atomic mass is 10.0. The van der Waals surface area contributed by atoms with Crippen LogP contribution in [0.1, 0.15) is 18.9 Å². The smallest absolute Gasteiger partial charge is 0.118 e. The molecule has 0 spiro atoms. The number of hydrogen-bond acceptors (Lipinski definition) is 3. The molecule has 0 aliphatic heterocycles. The monoisotopic (exact) mass is 250 g/mol. The molecule has 0 saturated carbocycles. The summed E-state index contributed by atoms with van der Waals surface area (Å²) in [7, 11) is 1.65. The third kappa shape index (κ3) is 4.90. The molecular formula is C15H22O3. The molecule has 1 rings (SSSR count). The van der Waals surface area contributed by atoms with E-state index in [-0.39, 0.29) is 12.0 Å². The average molecular weight is 250 g/mol. The molecule has 1 aromatic carbocycles. The first-order chi connectivity index (χ1) is 8.67. The molecule has 0 fully saturated rings. The van der Waals surface area contributed by atoms with Crippen LogP contribution < -0.4 is 4.74 Å². The molecule has 1 aromatic rings. The normalized spacial score (nSPS) is 13.9. The van der Waals surface area contributed by atoms with Crippen molar-refractivity contribution < 1.29 is 14.6 Å². The van der Waals surface area contributed by atoms with Crippen LogP contribution in [-0.4, -0.2) is 24.9 Å². The fourth-order valence-electron chi connectivity index (χ4n) is 1.60. The number of rotatable bonds is 8. The highest BCUT2D eigenvalue weighted by Gasteiger charge is 2.12. The highest BCUT2D eigenvalue weighted by atomic mass is 16.5. The van der Waals surface area contributed by atoms with Crippen molar-refractivity contribution in [1.29, 1.82) is 0 Å². The Labute approximate surface area is 109 Å². The summed E-state index contributed by atoms with van der Waals surface area (Å²) < 4.78 is 10.7. The number of aliphatic hydroxyl groups is 1. The van der Waals surface area contributed by atoms with E-state index < -0.39 is 0 Å². The molecule has 2 atom stereocenters. The highest BCUT2D eigenvalue weighted by Crippen LogP contribution is 2.13. The summed E-state index contributed by atoms with van der Waals surface area (Å²) in [6.07, 6.45) is 1.95. The van der Waals surface area contributed by atoms with Crippen molar-refractivity contribution in [3.05, 3.63) is 42.5 Å². The zero-order valence-corrected chi connectivity index (χ0v) is 11.1. The topological polar surface area (TPSA) is 38.7 Å². The lowest BCUT2D eigenvalue weighted by Gasteiger charge is -2.17. The maximum atomic E-state index is 9.72. The Balaban J connectivity index is 2.30. The largest absolute Gasteiger partial charge is 0.497 e. The maximum absolute atomic E-state index is 9.72. The van der Waals surface area contributed by atoms with Gasteiger partial charge in [0.1, 0.15) is 5.75 Å². The van der Waals surface area contributed by atoms with Crippen LogP contribution >= 0.6 is 0 Å². The van der Waals surface area contributed by atoms with Gasteiger partial charge in [-0.15, -0.1) is 6.58 Å². The molecule has 0 aromatic heterocycles. The van der Waals surface area contributed by atoms with Gasteiger partial charge in [0.25, 0.3) is 0 Å². The van der Waals surface area contributed by atoms with Crippen LogP contribution in [0.4, 0.5) is 0 Å². The summed E-state index contributed by atoms with van der Waals surface area (Å²) in [5.74, 6) is 0.953. The SMILES string of the molecule is C=CCC(O)[C@@H](C)COCc1ccc(OC)cc1. The molecule has 0 saturated heterocycles. The van der Waals surface area contributed by atoms with Crippen LogP contribution in [0.15, 0.2) is 36.9 Å². The molecule has 1 unspecified atom stereocenters. The Kier molecular flexibility index (Phi) is 6.47. The molecular weight excluding hydrogens is 228 g/mol. The van der Waals surface area contributed by atoms with Crippen molar-refractivity contribution in [2.45, 2.75) is 26.1 Å². The van der Waals surface area contributed by atoms with Crippen molar-refractivity contribution in [1.82, 2.24) is 0 Å². The molecule has 1 N–H and O–H groups in total. The van der Waals surface area contributed by atoms with Gasteiger partial charge in [0.2, 0.25) is 0 Å². The average Bonchev–Trinajstić information content (AvgIpc) is 2.39. The van der Waals surface area contributed by atoms with Gasteiger partial charge in [-0.2, -0.15) is 0 Å². The lowest BCUT2D eigenvalue weighted by molar-refractivity contribution is 0.0303. The van der Waals surface area contributed by atoms with Crippen LogP contribution in [0, 0.1) is 5.92 Å². The van der Waals surface area contributed by atoms with E-state index in [1.54, 1.807) is 13.2 Å². The number of hydrogen-bond donors (Lipinski definition) is 1. The maximum Gasteiger partial charge on any atom is 0.118 e. The molecule has 0 radical (unpaired) electrons. The highest BCUT2D eigenvalue weighted by molar-refractivity contribution is 5.26. The van der Waals surface area contributed by atoms with E-state index >= 15 is 0 Å². The summed E-state index contributed by atoms with van der Waals surface area (Å²) in [5.41, 5.74) is 1.10. The predicted molar refractivity (Wildman–Crippen MR) is 72.6 cm³/mol.